The zero-order valence-corrected chi connectivity index (χ0v) is 12.2. The maximum atomic E-state index is 12.7. The molecule has 2 unspecified atom stereocenters. The Labute approximate surface area is 118 Å². The number of aliphatic hydroxyl groups is 1. The van der Waals surface area contributed by atoms with E-state index >= 15 is 0 Å². The number of hydrogen-bond acceptors (Lipinski definition) is 3. The first-order chi connectivity index (χ1) is 9.22. The molecule has 6 heteroatoms. The molecular weight excluding hydrogens is 269 g/mol. The van der Waals surface area contributed by atoms with E-state index in [4.69, 9.17) is 0 Å². The van der Waals surface area contributed by atoms with Crippen LogP contribution >= 0.6 is 0 Å². The molecule has 2 fully saturated rings. The first-order valence-electron chi connectivity index (χ1n) is 7.43. The standard InChI is InChI=1S/C14H25F3N2O/c1-10(7-13(2,9-20)18-11-3-4-11)19(12-5-6-12)8-14(15,16)17/h10-12,18,20H,3-9H2,1-2H3. The van der Waals surface area contributed by atoms with Crippen molar-refractivity contribution in [2.45, 2.75) is 75.8 Å². The summed E-state index contributed by atoms with van der Waals surface area (Å²) in [5, 5.41) is 12.9. The van der Waals surface area contributed by atoms with Gasteiger partial charge in [-0.05, 0) is 46.0 Å². The van der Waals surface area contributed by atoms with Gasteiger partial charge in [-0.15, -0.1) is 0 Å². The highest BCUT2D eigenvalue weighted by Gasteiger charge is 2.42. The number of nitrogens with one attached hydrogen (secondary N) is 1. The van der Waals surface area contributed by atoms with Gasteiger partial charge in [0, 0.05) is 23.7 Å². The molecule has 0 aromatic heterocycles. The molecule has 0 bridgehead atoms. The van der Waals surface area contributed by atoms with Gasteiger partial charge < -0.3 is 10.4 Å². The van der Waals surface area contributed by atoms with Crippen LogP contribution < -0.4 is 5.32 Å². The van der Waals surface area contributed by atoms with Crippen LogP contribution in [0.25, 0.3) is 0 Å². The van der Waals surface area contributed by atoms with Crippen LogP contribution in [0.15, 0.2) is 0 Å². The third kappa shape index (κ3) is 4.90. The second-order valence-electron chi connectivity index (χ2n) is 6.71. The fourth-order valence-corrected chi connectivity index (χ4v) is 2.92. The van der Waals surface area contributed by atoms with Gasteiger partial charge in [-0.25, -0.2) is 0 Å². The highest BCUT2D eigenvalue weighted by molar-refractivity contribution is 4.97. The van der Waals surface area contributed by atoms with E-state index in [0.29, 0.717) is 12.5 Å². The quantitative estimate of drug-likeness (QED) is 0.721. The average Bonchev–Trinajstić information content (AvgIpc) is 3.18. The molecule has 0 spiro atoms. The molecule has 0 aromatic rings. The summed E-state index contributed by atoms with van der Waals surface area (Å²) in [6.07, 6.45) is 0.277. The van der Waals surface area contributed by atoms with Gasteiger partial charge in [0.15, 0.2) is 0 Å². The van der Waals surface area contributed by atoms with Crippen molar-refractivity contribution in [3.63, 3.8) is 0 Å². The lowest BCUT2D eigenvalue weighted by Gasteiger charge is -2.37. The lowest BCUT2D eigenvalue weighted by molar-refractivity contribution is -0.152. The summed E-state index contributed by atoms with van der Waals surface area (Å²) >= 11 is 0. The highest BCUT2D eigenvalue weighted by atomic mass is 19.4. The minimum atomic E-state index is -4.16. The van der Waals surface area contributed by atoms with E-state index in [0.717, 1.165) is 25.7 Å². The number of hydrogen-bond donors (Lipinski definition) is 2. The van der Waals surface area contributed by atoms with Crippen molar-refractivity contribution in [3.05, 3.63) is 0 Å². The zero-order valence-electron chi connectivity index (χ0n) is 12.2. The minimum absolute atomic E-state index is 0.0433. The van der Waals surface area contributed by atoms with Gasteiger partial charge in [-0.1, -0.05) is 0 Å². The van der Waals surface area contributed by atoms with E-state index in [1.807, 2.05) is 13.8 Å². The summed E-state index contributed by atoms with van der Waals surface area (Å²) < 4.78 is 38.0. The zero-order chi connectivity index (χ0) is 15.0. The maximum Gasteiger partial charge on any atom is 0.401 e. The summed E-state index contributed by atoms with van der Waals surface area (Å²) in [5.74, 6) is 0. The number of halogens is 3. The van der Waals surface area contributed by atoms with Crippen LogP contribution in [0.3, 0.4) is 0 Å². The minimum Gasteiger partial charge on any atom is -0.394 e. The first-order valence-corrected chi connectivity index (χ1v) is 7.43. The topological polar surface area (TPSA) is 35.5 Å². The summed E-state index contributed by atoms with van der Waals surface area (Å²) in [6.45, 7) is 2.86. The van der Waals surface area contributed by atoms with E-state index in [2.05, 4.69) is 5.32 Å². The Morgan fingerprint density at radius 2 is 1.85 bits per heavy atom. The van der Waals surface area contributed by atoms with Gasteiger partial charge in [-0.2, -0.15) is 13.2 Å². The molecule has 118 valence electrons. The van der Waals surface area contributed by atoms with Gasteiger partial charge >= 0.3 is 6.18 Å². The van der Waals surface area contributed by atoms with Gasteiger partial charge in [0.05, 0.1) is 13.2 Å². The van der Waals surface area contributed by atoms with Crippen LogP contribution in [-0.2, 0) is 0 Å². The van der Waals surface area contributed by atoms with E-state index in [1.165, 1.54) is 0 Å². The Morgan fingerprint density at radius 3 is 2.25 bits per heavy atom. The van der Waals surface area contributed by atoms with Crippen molar-refractivity contribution in [1.29, 1.82) is 0 Å². The van der Waals surface area contributed by atoms with Crippen molar-refractivity contribution in [2.75, 3.05) is 13.2 Å². The Bertz CT molecular complexity index is 329. The molecule has 2 N–H and O–H groups in total. The fraction of sp³-hybridized carbons (Fsp3) is 1.00. The Kier molecular flexibility index (Phi) is 4.66. The van der Waals surface area contributed by atoms with Crippen LogP contribution in [0.2, 0.25) is 0 Å². The Balaban J connectivity index is 1.93. The van der Waals surface area contributed by atoms with Crippen molar-refractivity contribution in [1.82, 2.24) is 10.2 Å². The number of alkyl halides is 3. The molecule has 0 aliphatic heterocycles. The summed E-state index contributed by atoms with van der Waals surface area (Å²) in [4.78, 5) is 1.56. The van der Waals surface area contributed by atoms with Crippen molar-refractivity contribution in [3.8, 4) is 0 Å². The smallest absolute Gasteiger partial charge is 0.394 e. The number of aliphatic hydroxyl groups excluding tert-OH is 1. The van der Waals surface area contributed by atoms with Crippen molar-refractivity contribution in [2.24, 2.45) is 0 Å². The molecule has 2 aliphatic carbocycles. The Morgan fingerprint density at radius 1 is 1.25 bits per heavy atom. The van der Waals surface area contributed by atoms with Crippen LogP contribution in [0.4, 0.5) is 13.2 Å². The monoisotopic (exact) mass is 294 g/mol. The second kappa shape index (κ2) is 5.81. The lowest BCUT2D eigenvalue weighted by Crippen LogP contribution is -2.53. The predicted molar refractivity (Wildman–Crippen MR) is 71.5 cm³/mol. The molecule has 2 saturated carbocycles. The molecule has 0 aromatic carbocycles. The molecule has 0 saturated heterocycles. The molecule has 0 radical (unpaired) electrons. The van der Waals surface area contributed by atoms with Gasteiger partial charge in [0.1, 0.15) is 0 Å². The summed E-state index contributed by atoms with van der Waals surface area (Å²) in [7, 11) is 0. The van der Waals surface area contributed by atoms with Crippen LogP contribution in [0, 0.1) is 0 Å². The average molecular weight is 294 g/mol. The Hall–Kier alpha value is -0.330. The normalized spacial score (nSPS) is 24.8. The van der Waals surface area contributed by atoms with Crippen molar-refractivity contribution < 1.29 is 18.3 Å². The molecular formula is C14H25F3N2O. The van der Waals surface area contributed by atoms with Crippen LogP contribution in [0.1, 0.15) is 46.0 Å². The van der Waals surface area contributed by atoms with Gasteiger partial charge in [0.2, 0.25) is 0 Å². The second-order valence-corrected chi connectivity index (χ2v) is 6.71. The molecule has 20 heavy (non-hydrogen) atoms. The molecule has 2 aliphatic rings. The van der Waals surface area contributed by atoms with E-state index in [1.54, 1.807) is 4.90 Å². The third-order valence-corrected chi connectivity index (χ3v) is 4.17. The SMILES string of the molecule is CC(CC(C)(CO)NC1CC1)N(CC(F)(F)F)C1CC1. The highest BCUT2D eigenvalue weighted by Crippen LogP contribution is 2.34. The predicted octanol–water partition coefficient (Wildman–Crippen LogP) is 2.29. The molecule has 2 rings (SSSR count). The first kappa shape index (κ1) is 16.0. The van der Waals surface area contributed by atoms with Crippen LogP contribution in [0.5, 0.6) is 0 Å². The number of rotatable bonds is 8. The summed E-state index contributed by atoms with van der Waals surface area (Å²) in [6, 6.07) is 0.305. The molecule has 2 atom stereocenters. The van der Waals surface area contributed by atoms with Crippen LogP contribution in [-0.4, -0.2) is 53.0 Å². The fourth-order valence-electron chi connectivity index (χ4n) is 2.92. The maximum absolute atomic E-state index is 12.7. The lowest BCUT2D eigenvalue weighted by atomic mass is 9.93. The number of nitrogens with zero attached hydrogens (tertiary/aromatic N) is 1. The van der Waals surface area contributed by atoms with Gasteiger partial charge in [0.25, 0.3) is 0 Å². The van der Waals surface area contributed by atoms with Crippen molar-refractivity contribution >= 4 is 0 Å². The molecule has 0 amide bonds. The van der Waals surface area contributed by atoms with E-state index in [-0.39, 0.29) is 18.7 Å². The van der Waals surface area contributed by atoms with E-state index < -0.39 is 18.3 Å². The third-order valence-electron chi connectivity index (χ3n) is 4.17. The summed E-state index contributed by atoms with van der Waals surface area (Å²) in [5.41, 5.74) is -0.487. The molecule has 0 heterocycles. The molecule has 3 nitrogen and oxygen atoms in total. The largest absolute Gasteiger partial charge is 0.401 e. The van der Waals surface area contributed by atoms with Gasteiger partial charge in [-0.3, -0.25) is 4.90 Å². The van der Waals surface area contributed by atoms with E-state index in [9.17, 15) is 18.3 Å².